The molecular formula is C24H38N2O6. The number of unbranched alkanes of at least 4 members (excludes halogenated alkanes) is 3. The van der Waals surface area contributed by atoms with E-state index in [0.717, 1.165) is 57.5 Å². The number of likely N-dealkylation sites (N-methyl/N-ethyl adjacent to an activating group) is 1. The molecule has 1 heterocycles. The number of esters is 2. The first-order valence-corrected chi connectivity index (χ1v) is 11.5. The van der Waals surface area contributed by atoms with Gasteiger partial charge in [-0.1, -0.05) is 25.8 Å². The van der Waals surface area contributed by atoms with E-state index in [4.69, 9.17) is 14.2 Å². The zero-order valence-corrected chi connectivity index (χ0v) is 20.0. The van der Waals surface area contributed by atoms with Crippen LogP contribution in [-0.2, 0) is 20.9 Å². The van der Waals surface area contributed by atoms with E-state index in [2.05, 4.69) is 21.5 Å². The minimum atomic E-state index is -0.290. The van der Waals surface area contributed by atoms with E-state index in [-0.39, 0.29) is 11.9 Å². The molecule has 0 bridgehead atoms. The lowest BCUT2D eigenvalue weighted by Gasteiger charge is -2.34. The van der Waals surface area contributed by atoms with Gasteiger partial charge in [-0.15, -0.1) is 0 Å². The average Bonchev–Trinajstić information content (AvgIpc) is 2.82. The van der Waals surface area contributed by atoms with Gasteiger partial charge >= 0.3 is 11.9 Å². The van der Waals surface area contributed by atoms with Gasteiger partial charge in [0.2, 0.25) is 5.75 Å². The molecular weight excluding hydrogens is 412 g/mol. The third kappa shape index (κ3) is 7.98. The van der Waals surface area contributed by atoms with Crippen molar-refractivity contribution in [1.29, 1.82) is 0 Å². The number of carbonyl (C=O) groups excluding carboxylic acids is 2. The Hall–Kier alpha value is -2.32. The number of carbonyl (C=O) groups is 2. The lowest BCUT2D eigenvalue weighted by atomic mass is 10.1. The number of benzene rings is 1. The molecule has 1 aromatic carbocycles. The quantitative estimate of drug-likeness (QED) is 0.257. The monoisotopic (exact) mass is 450 g/mol. The molecule has 0 amide bonds. The van der Waals surface area contributed by atoms with Crippen molar-refractivity contribution in [1.82, 2.24) is 9.80 Å². The molecule has 0 unspecified atom stereocenters. The largest absolute Gasteiger partial charge is 0.493 e. The molecule has 1 saturated heterocycles. The van der Waals surface area contributed by atoms with Crippen LogP contribution in [0.4, 0.5) is 0 Å². The molecule has 0 radical (unpaired) electrons. The second-order valence-corrected chi connectivity index (χ2v) is 7.96. The SMILES string of the molecule is CCN1CCN(Cc2ccc(OC)c(OC)c2OC(=O)CCCCCCC(=O)OC)CC1. The highest BCUT2D eigenvalue weighted by atomic mass is 16.6. The third-order valence-electron chi connectivity index (χ3n) is 5.84. The molecule has 0 atom stereocenters. The van der Waals surface area contributed by atoms with E-state index in [1.54, 1.807) is 14.2 Å². The summed E-state index contributed by atoms with van der Waals surface area (Å²) in [5, 5.41) is 0. The fourth-order valence-electron chi connectivity index (χ4n) is 3.84. The molecule has 0 saturated carbocycles. The highest BCUT2D eigenvalue weighted by Crippen LogP contribution is 2.40. The molecule has 0 N–H and O–H groups in total. The summed E-state index contributed by atoms with van der Waals surface area (Å²) >= 11 is 0. The maximum absolute atomic E-state index is 12.6. The fourth-order valence-corrected chi connectivity index (χ4v) is 3.84. The Morgan fingerprint density at radius 2 is 1.44 bits per heavy atom. The molecule has 180 valence electrons. The number of hydrogen-bond acceptors (Lipinski definition) is 8. The molecule has 2 rings (SSSR count). The zero-order chi connectivity index (χ0) is 23.3. The Morgan fingerprint density at radius 3 is 2.00 bits per heavy atom. The van der Waals surface area contributed by atoms with E-state index in [1.807, 2.05) is 12.1 Å². The molecule has 1 aliphatic rings. The lowest BCUT2D eigenvalue weighted by molar-refractivity contribution is -0.140. The summed E-state index contributed by atoms with van der Waals surface area (Å²) in [6.45, 7) is 7.95. The summed E-state index contributed by atoms with van der Waals surface area (Å²) in [7, 11) is 4.52. The Bertz CT molecular complexity index is 731. The van der Waals surface area contributed by atoms with E-state index >= 15 is 0 Å². The highest BCUT2D eigenvalue weighted by molar-refractivity contribution is 5.74. The molecule has 0 aromatic heterocycles. The number of methoxy groups -OCH3 is 3. The maximum Gasteiger partial charge on any atom is 0.311 e. The van der Waals surface area contributed by atoms with Crippen molar-refractivity contribution in [3.05, 3.63) is 17.7 Å². The smallest absolute Gasteiger partial charge is 0.311 e. The highest BCUT2D eigenvalue weighted by Gasteiger charge is 2.23. The van der Waals surface area contributed by atoms with Crippen LogP contribution in [-0.4, -0.2) is 75.8 Å². The van der Waals surface area contributed by atoms with Crippen LogP contribution in [0.5, 0.6) is 17.2 Å². The molecule has 1 fully saturated rings. The van der Waals surface area contributed by atoms with Crippen LogP contribution in [0.25, 0.3) is 0 Å². The predicted octanol–water partition coefficient (Wildman–Crippen LogP) is 3.26. The van der Waals surface area contributed by atoms with Crippen molar-refractivity contribution in [3.63, 3.8) is 0 Å². The summed E-state index contributed by atoms with van der Waals surface area (Å²) in [6.07, 6.45) is 3.93. The standard InChI is InChI=1S/C24H38N2O6/c1-5-25-14-16-26(17-15-25)18-19-12-13-20(29-2)24(31-4)23(19)32-22(28)11-9-7-6-8-10-21(27)30-3/h12-13H,5-11,14-18H2,1-4H3. The maximum atomic E-state index is 12.6. The van der Waals surface area contributed by atoms with Crippen molar-refractivity contribution in [2.45, 2.75) is 52.0 Å². The van der Waals surface area contributed by atoms with Gasteiger partial charge in [0.25, 0.3) is 0 Å². The minimum Gasteiger partial charge on any atom is -0.493 e. The van der Waals surface area contributed by atoms with Gasteiger partial charge in [-0.25, -0.2) is 0 Å². The van der Waals surface area contributed by atoms with Crippen LogP contribution >= 0.6 is 0 Å². The summed E-state index contributed by atoms with van der Waals surface area (Å²) in [5.74, 6) is 0.946. The summed E-state index contributed by atoms with van der Waals surface area (Å²) < 4.78 is 21.4. The van der Waals surface area contributed by atoms with Gasteiger partial charge in [0.1, 0.15) is 0 Å². The second-order valence-electron chi connectivity index (χ2n) is 7.96. The van der Waals surface area contributed by atoms with E-state index < -0.39 is 0 Å². The fraction of sp³-hybridized carbons (Fsp3) is 0.667. The third-order valence-corrected chi connectivity index (χ3v) is 5.84. The van der Waals surface area contributed by atoms with Gasteiger partial charge in [0.05, 0.1) is 21.3 Å². The van der Waals surface area contributed by atoms with Crippen LogP contribution in [0.15, 0.2) is 12.1 Å². The zero-order valence-electron chi connectivity index (χ0n) is 20.0. The number of hydrogen-bond donors (Lipinski definition) is 0. The second kappa shape index (κ2) is 14.0. The first-order chi connectivity index (χ1) is 15.5. The normalized spacial score (nSPS) is 14.8. The van der Waals surface area contributed by atoms with Gasteiger partial charge in [-0.05, 0) is 25.5 Å². The van der Waals surface area contributed by atoms with Crippen LogP contribution in [0.2, 0.25) is 0 Å². The Kier molecular flexibility index (Phi) is 11.3. The Morgan fingerprint density at radius 1 is 0.812 bits per heavy atom. The van der Waals surface area contributed by atoms with Gasteiger partial charge in [0.15, 0.2) is 11.5 Å². The first-order valence-electron chi connectivity index (χ1n) is 11.5. The van der Waals surface area contributed by atoms with E-state index in [0.29, 0.717) is 43.1 Å². The van der Waals surface area contributed by atoms with E-state index in [9.17, 15) is 9.59 Å². The van der Waals surface area contributed by atoms with Gasteiger partial charge in [0, 0.05) is 51.1 Å². The van der Waals surface area contributed by atoms with E-state index in [1.165, 1.54) is 7.11 Å². The van der Waals surface area contributed by atoms with Crippen molar-refractivity contribution in [2.24, 2.45) is 0 Å². The van der Waals surface area contributed by atoms with Crippen LogP contribution in [0.3, 0.4) is 0 Å². The van der Waals surface area contributed by atoms with Crippen molar-refractivity contribution in [2.75, 3.05) is 54.1 Å². The van der Waals surface area contributed by atoms with Gasteiger partial charge in [-0.2, -0.15) is 0 Å². The predicted molar refractivity (Wildman–Crippen MR) is 122 cm³/mol. The van der Waals surface area contributed by atoms with Gasteiger partial charge in [-0.3, -0.25) is 14.5 Å². The topological polar surface area (TPSA) is 77.5 Å². The number of nitrogens with zero attached hydrogens (tertiary/aromatic N) is 2. The number of ether oxygens (including phenoxy) is 4. The summed E-state index contributed by atoms with van der Waals surface area (Å²) in [4.78, 5) is 28.5. The minimum absolute atomic E-state index is 0.196. The van der Waals surface area contributed by atoms with Crippen LogP contribution < -0.4 is 14.2 Å². The molecule has 0 spiro atoms. The van der Waals surface area contributed by atoms with Crippen molar-refractivity contribution < 1.29 is 28.5 Å². The molecule has 8 heteroatoms. The van der Waals surface area contributed by atoms with Crippen molar-refractivity contribution in [3.8, 4) is 17.2 Å². The Balaban J connectivity index is 1.96. The Labute approximate surface area is 191 Å². The average molecular weight is 451 g/mol. The molecule has 0 aliphatic carbocycles. The molecule has 32 heavy (non-hydrogen) atoms. The molecule has 1 aliphatic heterocycles. The summed E-state index contributed by atoms with van der Waals surface area (Å²) in [6, 6.07) is 3.80. The number of piperazine rings is 1. The lowest BCUT2D eigenvalue weighted by Crippen LogP contribution is -2.45. The van der Waals surface area contributed by atoms with Crippen LogP contribution in [0, 0.1) is 0 Å². The summed E-state index contributed by atoms with van der Waals surface area (Å²) in [5.41, 5.74) is 0.916. The number of rotatable bonds is 13. The first kappa shape index (κ1) is 25.9. The van der Waals surface area contributed by atoms with Crippen LogP contribution in [0.1, 0.15) is 51.0 Å². The molecule has 1 aromatic rings. The van der Waals surface area contributed by atoms with Gasteiger partial charge < -0.3 is 23.8 Å². The molecule has 8 nitrogen and oxygen atoms in total. The van der Waals surface area contributed by atoms with Crippen molar-refractivity contribution >= 4 is 11.9 Å².